The van der Waals surface area contributed by atoms with Gasteiger partial charge in [-0.2, -0.15) is 4.31 Å². The van der Waals surface area contributed by atoms with Gasteiger partial charge in [0.1, 0.15) is 10.8 Å². The molecule has 0 aliphatic carbocycles. The quantitative estimate of drug-likeness (QED) is 0.767. The van der Waals surface area contributed by atoms with Crippen molar-refractivity contribution in [2.75, 3.05) is 25.4 Å². The number of rotatable bonds is 7. The first kappa shape index (κ1) is 15.9. The van der Waals surface area contributed by atoms with Gasteiger partial charge < -0.3 is 10.5 Å². The predicted octanol–water partition coefficient (Wildman–Crippen LogP) is 1.29. The van der Waals surface area contributed by atoms with E-state index in [2.05, 4.69) is 0 Å². The summed E-state index contributed by atoms with van der Waals surface area (Å²) in [7, 11) is -3.68. The Hall–Kier alpha value is -1.12. The fraction of sp³-hybridized carbons (Fsp3) is 0.545. The fourth-order valence-corrected chi connectivity index (χ4v) is 4.19. The van der Waals surface area contributed by atoms with Crippen LogP contribution < -0.4 is 5.73 Å². The van der Waals surface area contributed by atoms with Gasteiger partial charge in [-0.3, -0.25) is 4.79 Å². The van der Waals surface area contributed by atoms with Gasteiger partial charge >= 0.3 is 5.97 Å². The van der Waals surface area contributed by atoms with E-state index in [9.17, 15) is 13.2 Å². The van der Waals surface area contributed by atoms with Crippen LogP contribution in [0.25, 0.3) is 0 Å². The molecule has 6 nitrogen and oxygen atoms in total. The zero-order valence-corrected chi connectivity index (χ0v) is 12.6. The number of sulfonamides is 1. The van der Waals surface area contributed by atoms with Crippen molar-refractivity contribution < 1.29 is 17.9 Å². The van der Waals surface area contributed by atoms with Crippen molar-refractivity contribution in [2.24, 2.45) is 0 Å². The average molecular weight is 306 g/mol. The van der Waals surface area contributed by atoms with E-state index >= 15 is 0 Å². The monoisotopic (exact) mass is 306 g/mol. The lowest BCUT2D eigenvalue weighted by molar-refractivity contribution is -0.143. The molecule has 0 atom stereocenters. The van der Waals surface area contributed by atoms with Gasteiger partial charge in [-0.1, -0.05) is 6.92 Å². The number of hydrogen-bond donors (Lipinski definition) is 1. The number of carbonyl (C=O) groups excluding carboxylic acids is 1. The molecule has 1 aromatic rings. The lowest BCUT2D eigenvalue weighted by Gasteiger charge is -2.19. The molecule has 0 aromatic carbocycles. The second kappa shape index (κ2) is 6.88. The summed E-state index contributed by atoms with van der Waals surface area (Å²) in [5.74, 6) is -0.552. The maximum Gasteiger partial charge on any atom is 0.321 e. The van der Waals surface area contributed by atoms with E-state index in [1.807, 2.05) is 6.92 Å². The molecule has 0 fully saturated rings. The summed E-state index contributed by atoms with van der Waals surface area (Å²) in [6, 6.07) is 1.40. The van der Waals surface area contributed by atoms with Crippen molar-refractivity contribution in [3.05, 3.63) is 11.4 Å². The molecule has 108 valence electrons. The number of nitrogens with two attached hydrogens (primary N) is 1. The molecule has 8 heteroatoms. The van der Waals surface area contributed by atoms with E-state index < -0.39 is 16.0 Å². The number of nitrogen functional groups attached to an aromatic ring is 1. The normalized spacial score (nSPS) is 11.7. The van der Waals surface area contributed by atoms with E-state index in [0.29, 0.717) is 12.1 Å². The minimum atomic E-state index is -3.68. The highest BCUT2D eigenvalue weighted by Gasteiger charge is 2.27. The van der Waals surface area contributed by atoms with Gasteiger partial charge in [0.05, 0.1) is 6.61 Å². The molecule has 0 amide bonds. The molecule has 1 rings (SSSR count). The summed E-state index contributed by atoms with van der Waals surface area (Å²) < 4.78 is 30.7. The minimum Gasteiger partial charge on any atom is -0.465 e. The topological polar surface area (TPSA) is 89.7 Å². The second-order valence-electron chi connectivity index (χ2n) is 3.84. The Balaban J connectivity index is 2.94. The van der Waals surface area contributed by atoms with Crippen LogP contribution in [0.1, 0.15) is 20.3 Å². The fourth-order valence-electron chi connectivity index (χ4n) is 1.48. The standard InChI is InChI=1S/C11H18N2O4S2/c1-3-5-13(7-10(14)17-4-2)19(15,16)11-6-9(12)8-18-11/h6,8H,3-5,7,12H2,1-2H3. The summed E-state index contributed by atoms with van der Waals surface area (Å²) in [5.41, 5.74) is 5.93. The third-order valence-electron chi connectivity index (χ3n) is 2.27. The molecule has 0 spiro atoms. The van der Waals surface area contributed by atoms with Gasteiger partial charge in [-0.25, -0.2) is 8.42 Å². The lowest BCUT2D eigenvalue weighted by atomic mass is 10.5. The van der Waals surface area contributed by atoms with Gasteiger partial charge in [0.25, 0.3) is 10.0 Å². The molecule has 1 aromatic heterocycles. The van der Waals surface area contributed by atoms with Crippen LogP contribution in [0.15, 0.2) is 15.7 Å². The first-order valence-electron chi connectivity index (χ1n) is 5.91. The Labute approximate surface area is 117 Å². The van der Waals surface area contributed by atoms with Crippen molar-refractivity contribution in [2.45, 2.75) is 24.5 Å². The summed E-state index contributed by atoms with van der Waals surface area (Å²) >= 11 is 1.04. The smallest absolute Gasteiger partial charge is 0.321 e. The van der Waals surface area contributed by atoms with Crippen molar-refractivity contribution >= 4 is 33.0 Å². The van der Waals surface area contributed by atoms with Crippen LogP contribution in [0.5, 0.6) is 0 Å². The highest BCUT2D eigenvalue weighted by atomic mass is 32.2. The zero-order chi connectivity index (χ0) is 14.5. The number of carbonyl (C=O) groups is 1. The van der Waals surface area contributed by atoms with E-state index in [0.717, 1.165) is 15.6 Å². The molecule has 0 bridgehead atoms. The van der Waals surface area contributed by atoms with Crippen molar-refractivity contribution in [1.29, 1.82) is 0 Å². The number of esters is 1. The Bertz CT molecular complexity index is 525. The maximum absolute atomic E-state index is 12.3. The molecular formula is C11H18N2O4S2. The minimum absolute atomic E-state index is 0.141. The first-order chi connectivity index (χ1) is 8.91. The molecule has 2 N–H and O–H groups in total. The number of thiophene rings is 1. The second-order valence-corrected chi connectivity index (χ2v) is 6.92. The summed E-state index contributed by atoms with van der Waals surface area (Å²) in [6.45, 7) is 3.73. The van der Waals surface area contributed by atoms with E-state index in [4.69, 9.17) is 10.5 Å². The van der Waals surface area contributed by atoms with Gasteiger partial charge in [-0.15, -0.1) is 11.3 Å². The van der Waals surface area contributed by atoms with E-state index in [1.54, 1.807) is 12.3 Å². The molecule has 19 heavy (non-hydrogen) atoms. The molecule has 0 saturated heterocycles. The number of ether oxygens (including phenoxy) is 1. The van der Waals surface area contributed by atoms with Gasteiger partial charge in [0.15, 0.2) is 0 Å². The molecule has 1 heterocycles. The number of anilines is 1. The van der Waals surface area contributed by atoms with Gasteiger partial charge in [-0.05, 0) is 19.4 Å². The molecule has 0 aliphatic heterocycles. The Kier molecular flexibility index (Phi) is 5.77. The molecule has 0 unspecified atom stereocenters. The highest BCUT2D eigenvalue weighted by molar-refractivity contribution is 7.91. The highest BCUT2D eigenvalue weighted by Crippen LogP contribution is 2.25. The lowest BCUT2D eigenvalue weighted by Crippen LogP contribution is -2.36. The summed E-state index contributed by atoms with van der Waals surface area (Å²) in [4.78, 5) is 11.5. The number of nitrogens with zero attached hydrogens (tertiary/aromatic N) is 1. The first-order valence-corrected chi connectivity index (χ1v) is 8.23. The maximum atomic E-state index is 12.3. The van der Waals surface area contributed by atoms with Crippen LogP contribution in [0.4, 0.5) is 5.69 Å². The summed E-state index contributed by atoms with van der Waals surface area (Å²) in [6.07, 6.45) is 0.611. The van der Waals surface area contributed by atoms with Crippen LogP contribution in [0.3, 0.4) is 0 Å². The largest absolute Gasteiger partial charge is 0.465 e. The third-order valence-corrected chi connectivity index (χ3v) is 5.55. The van der Waals surface area contributed by atoms with Crippen LogP contribution in [-0.4, -0.2) is 38.4 Å². The van der Waals surface area contributed by atoms with Gasteiger partial charge in [0, 0.05) is 17.6 Å². The SMILES string of the molecule is CCCN(CC(=O)OCC)S(=O)(=O)c1cc(N)cs1. The Morgan fingerprint density at radius 3 is 2.63 bits per heavy atom. The van der Waals surface area contributed by atoms with Crippen LogP contribution >= 0.6 is 11.3 Å². The molecule has 0 radical (unpaired) electrons. The number of hydrogen-bond acceptors (Lipinski definition) is 6. The summed E-state index contributed by atoms with van der Waals surface area (Å²) in [5, 5.41) is 1.56. The van der Waals surface area contributed by atoms with Crippen molar-refractivity contribution in [3.8, 4) is 0 Å². The Morgan fingerprint density at radius 2 is 2.16 bits per heavy atom. The molecule has 0 aliphatic rings. The predicted molar refractivity (Wildman–Crippen MR) is 74.4 cm³/mol. The van der Waals surface area contributed by atoms with Crippen LogP contribution in [0, 0.1) is 0 Å². The van der Waals surface area contributed by atoms with Crippen LogP contribution in [0.2, 0.25) is 0 Å². The van der Waals surface area contributed by atoms with Crippen LogP contribution in [-0.2, 0) is 19.6 Å². The van der Waals surface area contributed by atoms with Crippen molar-refractivity contribution in [3.63, 3.8) is 0 Å². The van der Waals surface area contributed by atoms with Gasteiger partial charge in [0.2, 0.25) is 0 Å². The van der Waals surface area contributed by atoms with E-state index in [1.165, 1.54) is 6.07 Å². The third kappa shape index (κ3) is 4.19. The van der Waals surface area contributed by atoms with Crippen molar-refractivity contribution in [1.82, 2.24) is 4.31 Å². The Morgan fingerprint density at radius 1 is 1.47 bits per heavy atom. The molecule has 0 saturated carbocycles. The molecular weight excluding hydrogens is 288 g/mol. The average Bonchev–Trinajstić information content (AvgIpc) is 2.76. The zero-order valence-electron chi connectivity index (χ0n) is 11.0. The van der Waals surface area contributed by atoms with E-state index in [-0.39, 0.29) is 23.9 Å².